The Bertz CT molecular complexity index is 242. The molecule has 0 aliphatic heterocycles. The number of carbonyl (C=O) groups excluding carboxylic acids is 2. The molecule has 0 saturated carbocycles. The van der Waals surface area contributed by atoms with Crippen molar-refractivity contribution in [2.45, 2.75) is 84.5 Å². The first kappa shape index (κ1) is 21.9. The molecular weight excluding hydrogens is 295 g/mol. The van der Waals surface area contributed by atoms with E-state index in [1.165, 1.54) is 58.3 Å². The Morgan fingerprint density at radius 1 is 0.800 bits per heavy atom. The SMILES string of the molecule is CCCCCCCCCCCCOC(=O)CC(C)=O.[Mn]. The molecule has 0 rings (SSSR count). The summed E-state index contributed by atoms with van der Waals surface area (Å²) in [6, 6.07) is 0. The molecule has 0 aromatic carbocycles. The molecule has 0 aromatic heterocycles. The van der Waals surface area contributed by atoms with Crippen molar-refractivity contribution >= 4 is 11.8 Å². The molecule has 0 bridgehead atoms. The Morgan fingerprint density at radius 3 is 1.70 bits per heavy atom. The van der Waals surface area contributed by atoms with Crippen molar-refractivity contribution in [3.8, 4) is 0 Å². The monoisotopic (exact) mass is 325 g/mol. The van der Waals surface area contributed by atoms with Crippen LogP contribution in [0.15, 0.2) is 0 Å². The number of ketones is 1. The fourth-order valence-corrected chi connectivity index (χ4v) is 2.03. The first-order valence-corrected chi connectivity index (χ1v) is 7.82. The summed E-state index contributed by atoms with van der Waals surface area (Å²) < 4.78 is 4.97. The Hall–Kier alpha value is -0.341. The standard InChI is InChI=1S/C16H30O3.Mn/c1-3-4-5-6-7-8-9-10-11-12-13-19-16(18)14-15(2)17;/h3-14H2,1-2H3;. The van der Waals surface area contributed by atoms with E-state index in [9.17, 15) is 9.59 Å². The van der Waals surface area contributed by atoms with Crippen LogP contribution in [0.2, 0.25) is 0 Å². The fraction of sp³-hybridized carbons (Fsp3) is 0.875. The van der Waals surface area contributed by atoms with E-state index in [2.05, 4.69) is 6.92 Å². The van der Waals surface area contributed by atoms with Crippen molar-refractivity contribution in [2.75, 3.05) is 6.61 Å². The summed E-state index contributed by atoms with van der Waals surface area (Å²) in [6.45, 7) is 4.10. The number of unbranched alkanes of at least 4 members (excludes halogenated alkanes) is 9. The molecule has 0 aliphatic carbocycles. The maximum absolute atomic E-state index is 11.1. The maximum Gasteiger partial charge on any atom is 0.313 e. The minimum Gasteiger partial charge on any atom is -0.465 e. The second kappa shape index (κ2) is 16.7. The quantitative estimate of drug-likeness (QED) is 0.218. The zero-order chi connectivity index (χ0) is 14.3. The number of ether oxygens (including phenoxy) is 1. The number of esters is 1. The minimum atomic E-state index is -0.386. The molecule has 0 spiro atoms. The van der Waals surface area contributed by atoms with Crippen molar-refractivity contribution in [3.63, 3.8) is 0 Å². The van der Waals surface area contributed by atoms with Gasteiger partial charge >= 0.3 is 5.97 Å². The number of hydrogen-bond donors (Lipinski definition) is 0. The van der Waals surface area contributed by atoms with E-state index in [1.807, 2.05) is 0 Å². The van der Waals surface area contributed by atoms with Crippen LogP contribution in [0.25, 0.3) is 0 Å². The molecule has 0 aromatic rings. The van der Waals surface area contributed by atoms with Crippen LogP contribution in [-0.2, 0) is 31.4 Å². The van der Waals surface area contributed by atoms with Crippen molar-refractivity contribution in [1.82, 2.24) is 0 Å². The van der Waals surface area contributed by atoms with Crippen molar-refractivity contribution in [3.05, 3.63) is 0 Å². The molecule has 0 fully saturated rings. The van der Waals surface area contributed by atoms with Gasteiger partial charge in [0, 0.05) is 17.1 Å². The van der Waals surface area contributed by atoms with Crippen LogP contribution >= 0.6 is 0 Å². The third-order valence-electron chi connectivity index (χ3n) is 3.15. The van der Waals surface area contributed by atoms with Crippen molar-refractivity contribution in [1.29, 1.82) is 0 Å². The van der Waals surface area contributed by atoms with Gasteiger partial charge in [0.25, 0.3) is 0 Å². The molecule has 0 aliphatic rings. The molecule has 0 saturated heterocycles. The van der Waals surface area contributed by atoms with Gasteiger partial charge in [-0.05, 0) is 13.3 Å². The van der Waals surface area contributed by atoms with E-state index in [4.69, 9.17) is 4.74 Å². The summed E-state index contributed by atoms with van der Waals surface area (Å²) in [4.78, 5) is 21.7. The van der Waals surface area contributed by atoms with Crippen molar-refractivity contribution < 1.29 is 31.4 Å². The van der Waals surface area contributed by atoms with Gasteiger partial charge in [0.1, 0.15) is 12.2 Å². The van der Waals surface area contributed by atoms with Crippen LogP contribution in [0, 0.1) is 0 Å². The summed E-state index contributed by atoms with van der Waals surface area (Å²) in [5.41, 5.74) is 0. The van der Waals surface area contributed by atoms with E-state index in [1.54, 1.807) is 0 Å². The predicted molar refractivity (Wildman–Crippen MR) is 78.1 cm³/mol. The summed E-state index contributed by atoms with van der Waals surface area (Å²) in [7, 11) is 0. The maximum atomic E-state index is 11.1. The van der Waals surface area contributed by atoms with E-state index in [-0.39, 0.29) is 35.2 Å². The smallest absolute Gasteiger partial charge is 0.313 e. The third kappa shape index (κ3) is 17.7. The molecule has 1 radical (unpaired) electrons. The Balaban J connectivity index is 0. The molecule has 119 valence electrons. The van der Waals surface area contributed by atoms with Crippen molar-refractivity contribution in [2.24, 2.45) is 0 Å². The Labute approximate surface area is 134 Å². The predicted octanol–water partition coefficient (Wildman–Crippen LogP) is 4.43. The molecule has 0 heterocycles. The van der Waals surface area contributed by atoms with E-state index in [0.717, 1.165) is 12.8 Å². The van der Waals surface area contributed by atoms with Gasteiger partial charge in [-0.2, -0.15) is 0 Å². The van der Waals surface area contributed by atoms with E-state index < -0.39 is 0 Å². The third-order valence-corrected chi connectivity index (χ3v) is 3.15. The van der Waals surface area contributed by atoms with Crippen LogP contribution in [0.5, 0.6) is 0 Å². The first-order chi connectivity index (χ1) is 9.16. The van der Waals surface area contributed by atoms with Crippen LogP contribution in [0.1, 0.15) is 84.5 Å². The number of hydrogen-bond acceptors (Lipinski definition) is 3. The van der Waals surface area contributed by atoms with Crippen LogP contribution in [0.3, 0.4) is 0 Å². The molecule has 0 unspecified atom stereocenters. The minimum absolute atomic E-state index is 0. The Morgan fingerprint density at radius 2 is 1.25 bits per heavy atom. The number of carbonyl (C=O) groups is 2. The van der Waals surface area contributed by atoms with E-state index >= 15 is 0 Å². The fourth-order valence-electron chi connectivity index (χ4n) is 2.03. The molecule has 3 nitrogen and oxygen atoms in total. The van der Waals surface area contributed by atoms with Crippen LogP contribution in [-0.4, -0.2) is 18.4 Å². The van der Waals surface area contributed by atoms with Gasteiger partial charge in [-0.3, -0.25) is 9.59 Å². The van der Waals surface area contributed by atoms with Gasteiger partial charge in [-0.1, -0.05) is 64.7 Å². The number of Topliss-reactive ketones (excluding diaryl/α,β-unsaturated/α-hetero) is 1. The second-order valence-corrected chi connectivity index (χ2v) is 5.28. The van der Waals surface area contributed by atoms with Gasteiger partial charge in [-0.15, -0.1) is 0 Å². The summed E-state index contributed by atoms with van der Waals surface area (Å²) in [6.07, 6.45) is 12.6. The van der Waals surface area contributed by atoms with E-state index in [0.29, 0.717) is 6.61 Å². The average Bonchev–Trinajstić information content (AvgIpc) is 2.35. The topological polar surface area (TPSA) is 43.4 Å². The normalized spacial score (nSPS) is 9.90. The van der Waals surface area contributed by atoms with Gasteiger partial charge < -0.3 is 4.74 Å². The summed E-state index contributed by atoms with van der Waals surface area (Å²) >= 11 is 0. The summed E-state index contributed by atoms with van der Waals surface area (Å²) in [5.74, 6) is -0.517. The summed E-state index contributed by atoms with van der Waals surface area (Å²) in [5, 5.41) is 0. The van der Waals surface area contributed by atoms with Gasteiger partial charge in [-0.25, -0.2) is 0 Å². The molecule has 0 atom stereocenters. The zero-order valence-electron chi connectivity index (χ0n) is 13.1. The average molecular weight is 325 g/mol. The molecule has 0 amide bonds. The number of rotatable bonds is 13. The van der Waals surface area contributed by atoms with Gasteiger partial charge in [0.15, 0.2) is 0 Å². The molecule has 0 N–H and O–H groups in total. The van der Waals surface area contributed by atoms with Crippen LogP contribution in [0.4, 0.5) is 0 Å². The molecular formula is C16H30MnO3. The first-order valence-electron chi connectivity index (χ1n) is 7.82. The zero-order valence-corrected chi connectivity index (χ0v) is 14.3. The largest absolute Gasteiger partial charge is 0.465 e. The van der Waals surface area contributed by atoms with Gasteiger partial charge in [0.2, 0.25) is 0 Å². The second-order valence-electron chi connectivity index (χ2n) is 5.28. The Kier molecular flexibility index (Phi) is 18.3. The van der Waals surface area contributed by atoms with Gasteiger partial charge in [0.05, 0.1) is 6.61 Å². The molecule has 4 heteroatoms. The molecule has 20 heavy (non-hydrogen) atoms. The van der Waals surface area contributed by atoms with Crippen LogP contribution < -0.4 is 0 Å².